The van der Waals surface area contributed by atoms with Crippen molar-refractivity contribution in [2.45, 2.75) is 25.4 Å². The third-order valence-electron chi connectivity index (χ3n) is 2.84. The lowest BCUT2D eigenvalue weighted by molar-refractivity contribution is -0.117. The molecule has 0 unspecified atom stereocenters. The predicted molar refractivity (Wildman–Crippen MR) is 72.5 cm³/mol. The van der Waals surface area contributed by atoms with Crippen molar-refractivity contribution < 1.29 is 9.59 Å². The number of nitrogens with two attached hydrogens (primary N) is 2. The summed E-state index contributed by atoms with van der Waals surface area (Å²) in [6.07, 6.45) is 5.74. The summed E-state index contributed by atoms with van der Waals surface area (Å²) in [7, 11) is 0. The van der Waals surface area contributed by atoms with E-state index in [0.29, 0.717) is 12.6 Å². The van der Waals surface area contributed by atoms with E-state index in [1.54, 1.807) is 12.4 Å². The summed E-state index contributed by atoms with van der Waals surface area (Å²) in [4.78, 5) is 31.6. The van der Waals surface area contributed by atoms with Gasteiger partial charge in [0.25, 0.3) is 0 Å². The number of rotatable bonds is 8. The van der Waals surface area contributed by atoms with Crippen molar-refractivity contribution >= 4 is 17.8 Å². The average molecular weight is 278 g/mol. The summed E-state index contributed by atoms with van der Waals surface area (Å²) in [5, 5.41) is 3.34. The number of carbonyl (C=O) groups is 2. The fraction of sp³-hybridized carbons (Fsp3) is 0.500. The highest BCUT2D eigenvalue weighted by molar-refractivity contribution is 5.83. The average Bonchev–Trinajstić information content (AvgIpc) is 3.19. The van der Waals surface area contributed by atoms with Crippen molar-refractivity contribution in [3.05, 3.63) is 18.0 Å². The molecule has 1 aromatic heterocycles. The summed E-state index contributed by atoms with van der Waals surface area (Å²) in [6.45, 7) is 0.405. The zero-order chi connectivity index (χ0) is 14.5. The normalized spacial score (nSPS) is 14.0. The zero-order valence-electron chi connectivity index (χ0n) is 11.1. The molecule has 108 valence electrons. The van der Waals surface area contributed by atoms with Crippen LogP contribution in [-0.2, 0) is 16.1 Å². The quantitative estimate of drug-likeness (QED) is 0.531. The van der Waals surface area contributed by atoms with Crippen LogP contribution in [0.3, 0.4) is 0 Å². The van der Waals surface area contributed by atoms with Gasteiger partial charge >= 0.3 is 0 Å². The Hall–Kier alpha value is -2.22. The molecule has 0 radical (unpaired) electrons. The van der Waals surface area contributed by atoms with E-state index in [1.165, 1.54) is 17.7 Å². The summed E-state index contributed by atoms with van der Waals surface area (Å²) < 4.78 is 0. The third-order valence-corrected chi connectivity index (χ3v) is 2.84. The Morgan fingerprint density at radius 2 is 1.75 bits per heavy atom. The van der Waals surface area contributed by atoms with Gasteiger partial charge in [-0.05, 0) is 12.8 Å². The molecule has 8 heteroatoms. The van der Waals surface area contributed by atoms with Crippen LogP contribution in [-0.4, -0.2) is 40.9 Å². The molecule has 1 saturated carbocycles. The van der Waals surface area contributed by atoms with Crippen molar-refractivity contribution in [2.24, 2.45) is 11.5 Å². The van der Waals surface area contributed by atoms with Gasteiger partial charge in [-0.25, -0.2) is 9.97 Å². The highest BCUT2D eigenvalue weighted by Gasteiger charge is 2.20. The first-order chi connectivity index (χ1) is 9.54. The summed E-state index contributed by atoms with van der Waals surface area (Å²) in [6, 6.07) is 0.607. The maximum absolute atomic E-state index is 11.0. The van der Waals surface area contributed by atoms with Gasteiger partial charge in [0.15, 0.2) is 0 Å². The van der Waals surface area contributed by atoms with E-state index < -0.39 is 11.8 Å². The number of primary amides is 2. The van der Waals surface area contributed by atoms with Crippen LogP contribution in [0.15, 0.2) is 12.4 Å². The van der Waals surface area contributed by atoms with E-state index in [1.807, 2.05) is 0 Å². The highest BCUT2D eigenvalue weighted by Crippen LogP contribution is 2.19. The van der Waals surface area contributed by atoms with Crippen LogP contribution < -0.4 is 21.7 Å². The van der Waals surface area contributed by atoms with E-state index in [0.717, 1.165) is 5.56 Å². The van der Waals surface area contributed by atoms with Crippen molar-refractivity contribution in [3.63, 3.8) is 0 Å². The Bertz CT molecular complexity index is 469. The van der Waals surface area contributed by atoms with Gasteiger partial charge in [0.1, 0.15) is 13.1 Å². The molecule has 0 atom stereocenters. The number of aromatic nitrogens is 2. The van der Waals surface area contributed by atoms with Crippen LogP contribution in [0.1, 0.15) is 18.4 Å². The van der Waals surface area contributed by atoms with Gasteiger partial charge < -0.3 is 21.7 Å². The van der Waals surface area contributed by atoms with E-state index in [9.17, 15) is 9.59 Å². The van der Waals surface area contributed by atoms with Gasteiger partial charge in [-0.15, -0.1) is 0 Å². The molecule has 8 nitrogen and oxygen atoms in total. The van der Waals surface area contributed by atoms with E-state index >= 15 is 0 Å². The van der Waals surface area contributed by atoms with Crippen LogP contribution in [0.5, 0.6) is 0 Å². The highest BCUT2D eigenvalue weighted by atomic mass is 16.2. The number of carbonyl (C=O) groups excluding carboxylic acids is 2. The second-order valence-corrected chi connectivity index (χ2v) is 4.84. The van der Waals surface area contributed by atoms with Crippen molar-refractivity contribution in [3.8, 4) is 0 Å². The van der Waals surface area contributed by atoms with Gasteiger partial charge in [0.2, 0.25) is 17.8 Å². The first-order valence-corrected chi connectivity index (χ1v) is 6.40. The largest absolute Gasteiger partial charge is 0.368 e. The second kappa shape index (κ2) is 6.29. The van der Waals surface area contributed by atoms with E-state index in [2.05, 4.69) is 15.3 Å². The SMILES string of the molecule is NC(=O)CN(CC(N)=O)c1ncc(CNC2CC2)cn1. The number of amides is 2. The molecule has 0 spiro atoms. The fourth-order valence-corrected chi connectivity index (χ4v) is 1.73. The summed E-state index contributed by atoms with van der Waals surface area (Å²) in [5.74, 6) is -0.888. The van der Waals surface area contributed by atoms with Crippen molar-refractivity contribution in [2.75, 3.05) is 18.0 Å². The van der Waals surface area contributed by atoms with Crippen LogP contribution in [0.4, 0.5) is 5.95 Å². The zero-order valence-corrected chi connectivity index (χ0v) is 11.1. The van der Waals surface area contributed by atoms with Gasteiger partial charge in [-0.2, -0.15) is 0 Å². The lowest BCUT2D eigenvalue weighted by Gasteiger charge is -2.19. The van der Waals surface area contributed by atoms with Gasteiger partial charge in [0.05, 0.1) is 0 Å². The van der Waals surface area contributed by atoms with Crippen LogP contribution in [0.25, 0.3) is 0 Å². The second-order valence-electron chi connectivity index (χ2n) is 4.84. The Labute approximate surface area is 116 Å². The molecule has 2 amide bonds. The number of hydrogen-bond donors (Lipinski definition) is 3. The lowest BCUT2D eigenvalue weighted by Crippen LogP contribution is -2.40. The first kappa shape index (κ1) is 14.2. The number of anilines is 1. The monoisotopic (exact) mass is 278 g/mol. The Morgan fingerprint density at radius 1 is 1.20 bits per heavy atom. The third kappa shape index (κ3) is 4.47. The molecular weight excluding hydrogens is 260 g/mol. The van der Waals surface area contributed by atoms with Gasteiger partial charge in [-0.1, -0.05) is 0 Å². The molecule has 1 fully saturated rings. The van der Waals surface area contributed by atoms with Crippen LogP contribution in [0.2, 0.25) is 0 Å². The van der Waals surface area contributed by atoms with Gasteiger partial charge in [-0.3, -0.25) is 9.59 Å². The van der Waals surface area contributed by atoms with Crippen LogP contribution in [0, 0.1) is 0 Å². The minimum Gasteiger partial charge on any atom is -0.368 e. The summed E-state index contributed by atoms with van der Waals surface area (Å²) in [5.41, 5.74) is 11.2. The smallest absolute Gasteiger partial charge is 0.237 e. The number of nitrogens with one attached hydrogen (secondary N) is 1. The maximum atomic E-state index is 11.0. The number of nitrogens with zero attached hydrogens (tertiary/aromatic N) is 3. The molecule has 1 aromatic rings. The summed E-state index contributed by atoms with van der Waals surface area (Å²) >= 11 is 0. The van der Waals surface area contributed by atoms with Crippen LogP contribution >= 0.6 is 0 Å². The molecule has 1 aliphatic carbocycles. The molecule has 1 heterocycles. The molecule has 20 heavy (non-hydrogen) atoms. The topological polar surface area (TPSA) is 127 Å². The Kier molecular flexibility index (Phi) is 4.46. The molecule has 0 aromatic carbocycles. The maximum Gasteiger partial charge on any atom is 0.237 e. The molecule has 0 bridgehead atoms. The lowest BCUT2D eigenvalue weighted by atomic mass is 10.3. The minimum absolute atomic E-state index is 0.150. The molecule has 0 saturated heterocycles. The fourth-order valence-electron chi connectivity index (χ4n) is 1.73. The van der Waals surface area contributed by atoms with Gasteiger partial charge in [0, 0.05) is 30.5 Å². The molecule has 0 aliphatic heterocycles. The molecule has 2 rings (SSSR count). The standard InChI is InChI=1S/C12H18N6O2/c13-10(19)6-18(7-11(14)20)12-16-4-8(5-17-12)3-15-9-1-2-9/h4-5,9,15H,1-3,6-7H2,(H2,13,19)(H2,14,20). The first-order valence-electron chi connectivity index (χ1n) is 6.40. The van der Waals surface area contributed by atoms with Crippen molar-refractivity contribution in [1.82, 2.24) is 15.3 Å². The minimum atomic E-state index is -0.575. The number of hydrogen-bond acceptors (Lipinski definition) is 6. The Balaban J connectivity index is 1.99. The van der Waals surface area contributed by atoms with E-state index in [-0.39, 0.29) is 19.0 Å². The molecular formula is C12H18N6O2. The predicted octanol–water partition coefficient (Wildman–Crippen LogP) is -1.49. The Morgan fingerprint density at radius 3 is 2.20 bits per heavy atom. The molecule has 1 aliphatic rings. The molecule has 5 N–H and O–H groups in total. The van der Waals surface area contributed by atoms with E-state index in [4.69, 9.17) is 11.5 Å². The van der Waals surface area contributed by atoms with Crippen molar-refractivity contribution in [1.29, 1.82) is 0 Å².